The van der Waals surface area contributed by atoms with Crippen LogP contribution >= 0.6 is 31.9 Å². The molecule has 0 bridgehead atoms. The van der Waals surface area contributed by atoms with Crippen LogP contribution < -0.4 is 5.32 Å². The Morgan fingerprint density at radius 2 is 2.22 bits per heavy atom. The lowest BCUT2D eigenvalue weighted by Crippen LogP contribution is -2.26. The molecule has 0 saturated carbocycles. The van der Waals surface area contributed by atoms with Crippen molar-refractivity contribution in [3.05, 3.63) is 50.9 Å². The fourth-order valence-electron chi connectivity index (χ4n) is 1.50. The molecule has 1 aromatic heterocycles. The van der Waals surface area contributed by atoms with Crippen LogP contribution in [-0.4, -0.2) is 22.4 Å². The number of carbonyl (C=O) groups excluding carboxylic acids is 1. The van der Waals surface area contributed by atoms with Crippen LogP contribution in [0.4, 0.5) is 0 Å². The molecule has 0 fully saturated rings. The molecule has 2 aromatic rings. The molecular formula is C12H11Br2N3O. The standard InChI is InChI=1S/C12H11Br2N3O/c13-8-1-2-10(14)9(7-8)12(18)17-4-3-11-15-5-6-16-11/h1-2,5-7H,3-4H2,(H,15,16)(H,17,18). The predicted octanol–water partition coefficient (Wildman–Crippen LogP) is 2.91. The monoisotopic (exact) mass is 371 g/mol. The zero-order valence-electron chi connectivity index (χ0n) is 9.41. The van der Waals surface area contributed by atoms with E-state index in [1.165, 1.54) is 0 Å². The van der Waals surface area contributed by atoms with Crippen LogP contribution in [0.3, 0.4) is 0 Å². The zero-order chi connectivity index (χ0) is 13.0. The first-order chi connectivity index (χ1) is 8.66. The minimum Gasteiger partial charge on any atom is -0.352 e. The summed E-state index contributed by atoms with van der Waals surface area (Å²) in [7, 11) is 0. The molecule has 2 rings (SSSR count). The summed E-state index contributed by atoms with van der Waals surface area (Å²) in [4.78, 5) is 19.0. The molecule has 0 aliphatic heterocycles. The number of rotatable bonds is 4. The number of nitrogens with zero attached hydrogens (tertiary/aromatic N) is 1. The first-order valence-electron chi connectivity index (χ1n) is 5.38. The number of hydrogen-bond donors (Lipinski definition) is 2. The first kappa shape index (κ1) is 13.3. The molecule has 0 saturated heterocycles. The minimum absolute atomic E-state index is 0.102. The van der Waals surface area contributed by atoms with Gasteiger partial charge in [0.25, 0.3) is 5.91 Å². The number of benzene rings is 1. The topological polar surface area (TPSA) is 57.8 Å². The normalized spacial score (nSPS) is 10.3. The van der Waals surface area contributed by atoms with Gasteiger partial charge in [-0.25, -0.2) is 4.98 Å². The number of carbonyl (C=O) groups is 1. The summed E-state index contributed by atoms with van der Waals surface area (Å²) in [6.45, 7) is 0.547. The van der Waals surface area contributed by atoms with E-state index >= 15 is 0 Å². The molecule has 0 radical (unpaired) electrons. The Morgan fingerprint density at radius 1 is 1.39 bits per heavy atom. The van der Waals surface area contributed by atoms with Crippen LogP contribution in [0.1, 0.15) is 16.2 Å². The molecule has 0 unspecified atom stereocenters. The van der Waals surface area contributed by atoms with Crippen molar-refractivity contribution in [2.75, 3.05) is 6.54 Å². The van der Waals surface area contributed by atoms with Crippen molar-refractivity contribution >= 4 is 37.8 Å². The van der Waals surface area contributed by atoms with Gasteiger partial charge < -0.3 is 10.3 Å². The first-order valence-corrected chi connectivity index (χ1v) is 6.97. The maximum absolute atomic E-state index is 12.0. The quantitative estimate of drug-likeness (QED) is 0.866. The van der Waals surface area contributed by atoms with E-state index < -0.39 is 0 Å². The molecular weight excluding hydrogens is 362 g/mol. The van der Waals surface area contributed by atoms with Crippen LogP contribution in [0.15, 0.2) is 39.5 Å². The Hall–Kier alpha value is -1.14. The minimum atomic E-state index is -0.102. The molecule has 0 aliphatic rings. The third kappa shape index (κ3) is 3.43. The SMILES string of the molecule is O=C(NCCc1ncc[nH]1)c1cc(Br)ccc1Br. The molecule has 0 aliphatic carbocycles. The Bertz CT molecular complexity index is 540. The average Bonchev–Trinajstić information content (AvgIpc) is 2.85. The van der Waals surface area contributed by atoms with E-state index in [1.54, 1.807) is 18.5 Å². The summed E-state index contributed by atoms with van der Waals surface area (Å²) in [5, 5.41) is 2.86. The Kier molecular flexibility index (Phi) is 4.54. The molecule has 2 N–H and O–H groups in total. The van der Waals surface area contributed by atoms with Gasteiger partial charge in [-0.1, -0.05) is 15.9 Å². The molecule has 0 spiro atoms. The van der Waals surface area contributed by atoms with Crippen LogP contribution in [0, 0.1) is 0 Å². The van der Waals surface area contributed by atoms with Gasteiger partial charge in [0.05, 0.1) is 5.56 Å². The third-order valence-electron chi connectivity index (χ3n) is 2.38. The number of H-pyrrole nitrogens is 1. The number of halogens is 2. The average molecular weight is 373 g/mol. The van der Waals surface area contributed by atoms with Gasteiger partial charge in [0, 0.05) is 34.3 Å². The van der Waals surface area contributed by atoms with Crippen molar-refractivity contribution < 1.29 is 4.79 Å². The van der Waals surface area contributed by atoms with Gasteiger partial charge in [-0.15, -0.1) is 0 Å². The molecule has 18 heavy (non-hydrogen) atoms. The van der Waals surface area contributed by atoms with Crippen LogP contribution in [-0.2, 0) is 6.42 Å². The third-order valence-corrected chi connectivity index (χ3v) is 3.56. The summed E-state index contributed by atoms with van der Waals surface area (Å²) in [6.07, 6.45) is 4.15. The van der Waals surface area contributed by atoms with E-state index in [9.17, 15) is 4.79 Å². The molecule has 1 heterocycles. The van der Waals surface area contributed by atoms with E-state index in [1.807, 2.05) is 12.1 Å². The van der Waals surface area contributed by atoms with Crippen molar-refractivity contribution in [3.63, 3.8) is 0 Å². The van der Waals surface area contributed by atoms with Gasteiger partial charge in [0.2, 0.25) is 0 Å². The number of nitrogens with one attached hydrogen (secondary N) is 2. The summed E-state index contributed by atoms with van der Waals surface area (Å²) >= 11 is 6.71. The molecule has 1 amide bonds. The second-order valence-electron chi connectivity index (χ2n) is 3.67. The molecule has 4 nitrogen and oxygen atoms in total. The lowest BCUT2D eigenvalue weighted by molar-refractivity contribution is 0.0953. The van der Waals surface area contributed by atoms with E-state index in [4.69, 9.17) is 0 Å². The van der Waals surface area contributed by atoms with E-state index in [0.717, 1.165) is 14.8 Å². The summed E-state index contributed by atoms with van der Waals surface area (Å²) in [5.41, 5.74) is 0.615. The number of imidazole rings is 1. The maximum atomic E-state index is 12.0. The van der Waals surface area contributed by atoms with Crippen LogP contribution in [0.2, 0.25) is 0 Å². The Morgan fingerprint density at radius 3 is 2.94 bits per heavy atom. The van der Waals surface area contributed by atoms with Crippen molar-refractivity contribution in [1.82, 2.24) is 15.3 Å². The smallest absolute Gasteiger partial charge is 0.252 e. The highest BCUT2D eigenvalue weighted by Crippen LogP contribution is 2.21. The van der Waals surface area contributed by atoms with Crippen molar-refractivity contribution in [2.45, 2.75) is 6.42 Å². The van der Waals surface area contributed by atoms with E-state index in [2.05, 4.69) is 47.1 Å². The van der Waals surface area contributed by atoms with Gasteiger partial charge in [0.15, 0.2) is 0 Å². The number of aromatic amines is 1. The zero-order valence-corrected chi connectivity index (χ0v) is 12.6. The summed E-state index contributed by atoms with van der Waals surface area (Å²) in [5.74, 6) is 0.762. The lowest BCUT2D eigenvalue weighted by Gasteiger charge is -2.06. The second kappa shape index (κ2) is 6.15. The highest BCUT2D eigenvalue weighted by atomic mass is 79.9. The predicted molar refractivity (Wildman–Crippen MR) is 76.5 cm³/mol. The fraction of sp³-hybridized carbons (Fsp3) is 0.167. The van der Waals surface area contributed by atoms with Gasteiger partial charge in [-0.2, -0.15) is 0 Å². The second-order valence-corrected chi connectivity index (χ2v) is 5.44. The number of amides is 1. The Balaban J connectivity index is 1.93. The van der Waals surface area contributed by atoms with E-state index in [0.29, 0.717) is 18.5 Å². The van der Waals surface area contributed by atoms with Gasteiger partial charge in [-0.3, -0.25) is 4.79 Å². The maximum Gasteiger partial charge on any atom is 0.252 e. The van der Waals surface area contributed by atoms with Crippen molar-refractivity contribution in [1.29, 1.82) is 0 Å². The van der Waals surface area contributed by atoms with Crippen molar-refractivity contribution in [3.8, 4) is 0 Å². The number of hydrogen-bond acceptors (Lipinski definition) is 2. The van der Waals surface area contributed by atoms with Gasteiger partial charge >= 0.3 is 0 Å². The molecule has 94 valence electrons. The molecule has 0 atom stereocenters. The lowest BCUT2D eigenvalue weighted by atomic mass is 10.2. The highest BCUT2D eigenvalue weighted by Gasteiger charge is 2.10. The Labute approximate surface area is 121 Å². The molecule has 1 aromatic carbocycles. The van der Waals surface area contributed by atoms with Crippen LogP contribution in [0.5, 0.6) is 0 Å². The summed E-state index contributed by atoms with van der Waals surface area (Å²) < 4.78 is 1.66. The van der Waals surface area contributed by atoms with E-state index in [-0.39, 0.29) is 5.91 Å². The summed E-state index contributed by atoms with van der Waals surface area (Å²) in [6, 6.07) is 5.50. The van der Waals surface area contributed by atoms with Gasteiger partial charge in [-0.05, 0) is 34.1 Å². The number of aromatic nitrogens is 2. The molecule has 6 heteroatoms. The van der Waals surface area contributed by atoms with Gasteiger partial charge in [0.1, 0.15) is 5.82 Å². The van der Waals surface area contributed by atoms with Crippen molar-refractivity contribution in [2.24, 2.45) is 0 Å². The fourth-order valence-corrected chi connectivity index (χ4v) is 2.28. The largest absolute Gasteiger partial charge is 0.352 e. The van der Waals surface area contributed by atoms with Crippen LogP contribution in [0.25, 0.3) is 0 Å². The highest BCUT2D eigenvalue weighted by molar-refractivity contribution is 9.11.